The van der Waals surface area contributed by atoms with Crippen LogP contribution in [-0.2, 0) is 0 Å². The number of anilines is 1. The Morgan fingerprint density at radius 3 is 2.36 bits per heavy atom. The van der Waals surface area contributed by atoms with Crippen molar-refractivity contribution in [2.75, 3.05) is 18.0 Å². The van der Waals surface area contributed by atoms with Gasteiger partial charge in [0, 0.05) is 29.6 Å². The second kappa shape index (κ2) is 4.94. The maximum absolute atomic E-state index is 4.96. The highest BCUT2D eigenvalue weighted by atomic mass is 15.2. The van der Waals surface area contributed by atoms with Gasteiger partial charge in [-0.2, -0.15) is 0 Å². The van der Waals surface area contributed by atoms with Crippen molar-refractivity contribution in [2.45, 2.75) is 33.6 Å². The molecule has 0 amide bonds. The first-order valence-corrected chi connectivity index (χ1v) is 8.07. The van der Waals surface area contributed by atoms with Gasteiger partial charge in [-0.3, -0.25) is 0 Å². The zero-order valence-electron chi connectivity index (χ0n) is 13.5. The Labute approximate surface area is 131 Å². The van der Waals surface area contributed by atoms with Gasteiger partial charge >= 0.3 is 0 Å². The molecule has 0 saturated carbocycles. The summed E-state index contributed by atoms with van der Waals surface area (Å²) in [6.45, 7) is 8.57. The second-order valence-electron chi connectivity index (χ2n) is 6.43. The number of hydrogen-bond acceptors (Lipinski definition) is 3. The van der Waals surface area contributed by atoms with Gasteiger partial charge in [0.05, 0.1) is 11.0 Å². The molecule has 1 aliphatic heterocycles. The fraction of sp³-hybridized carbons (Fsp3) is 0.368. The Kier molecular flexibility index (Phi) is 3.03. The lowest BCUT2D eigenvalue weighted by Gasteiger charge is -2.19. The first-order valence-electron chi connectivity index (χ1n) is 8.07. The first kappa shape index (κ1) is 13.5. The minimum absolute atomic E-state index is 1.05. The maximum Gasteiger partial charge on any atom is 0.138 e. The van der Waals surface area contributed by atoms with Crippen LogP contribution in [0.15, 0.2) is 24.3 Å². The molecule has 1 fully saturated rings. The summed E-state index contributed by atoms with van der Waals surface area (Å²) in [5.74, 6) is 1.11. The van der Waals surface area contributed by atoms with Crippen molar-refractivity contribution in [3.8, 4) is 0 Å². The summed E-state index contributed by atoms with van der Waals surface area (Å²) < 4.78 is 0. The molecule has 0 radical (unpaired) electrons. The molecule has 3 aromatic rings. The fourth-order valence-electron chi connectivity index (χ4n) is 3.46. The van der Waals surface area contributed by atoms with Crippen LogP contribution in [0.25, 0.3) is 21.8 Å². The van der Waals surface area contributed by atoms with Crippen molar-refractivity contribution in [3.63, 3.8) is 0 Å². The normalized spacial score (nSPS) is 15.1. The third-order valence-electron chi connectivity index (χ3n) is 4.71. The lowest BCUT2D eigenvalue weighted by atomic mass is 10.0. The molecular formula is C19H21N3. The molecule has 0 atom stereocenters. The molecule has 0 N–H and O–H groups in total. The highest BCUT2D eigenvalue weighted by Crippen LogP contribution is 2.31. The van der Waals surface area contributed by atoms with Gasteiger partial charge in [-0.05, 0) is 56.9 Å². The molecule has 4 rings (SSSR count). The van der Waals surface area contributed by atoms with E-state index in [1.54, 1.807) is 0 Å². The highest BCUT2D eigenvalue weighted by molar-refractivity contribution is 6.00. The summed E-state index contributed by atoms with van der Waals surface area (Å²) in [5, 5.41) is 2.44. The summed E-state index contributed by atoms with van der Waals surface area (Å²) in [7, 11) is 0. The number of rotatable bonds is 1. The molecule has 2 aromatic heterocycles. The van der Waals surface area contributed by atoms with Crippen molar-refractivity contribution in [2.24, 2.45) is 0 Å². The Bertz CT molecular complexity index is 877. The molecule has 0 spiro atoms. The fourth-order valence-corrected chi connectivity index (χ4v) is 3.46. The maximum atomic E-state index is 4.96. The molecule has 0 bridgehead atoms. The van der Waals surface area contributed by atoms with E-state index in [1.807, 2.05) is 0 Å². The van der Waals surface area contributed by atoms with Crippen LogP contribution in [0.3, 0.4) is 0 Å². The molecule has 1 aromatic carbocycles. The summed E-state index contributed by atoms with van der Waals surface area (Å²) >= 11 is 0. The van der Waals surface area contributed by atoms with Crippen LogP contribution in [-0.4, -0.2) is 23.1 Å². The predicted octanol–water partition coefficient (Wildman–Crippen LogP) is 4.31. The molecule has 1 aliphatic rings. The zero-order chi connectivity index (χ0) is 15.3. The molecule has 0 unspecified atom stereocenters. The van der Waals surface area contributed by atoms with Gasteiger partial charge in [0.15, 0.2) is 0 Å². The van der Waals surface area contributed by atoms with Crippen LogP contribution in [0, 0.1) is 20.8 Å². The highest BCUT2D eigenvalue weighted by Gasteiger charge is 2.18. The minimum Gasteiger partial charge on any atom is -0.356 e. The Hall–Kier alpha value is -2.16. The zero-order valence-corrected chi connectivity index (χ0v) is 13.5. The van der Waals surface area contributed by atoms with Gasteiger partial charge < -0.3 is 4.90 Å². The summed E-state index contributed by atoms with van der Waals surface area (Å²) in [6, 6.07) is 8.74. The topological polar surface area (TPSA) is 29.0 Å². The largest absolute Gasteiger partial charge is 0.356 e. The quantitative estimate of drug-likeness (QED) is 0.626. The van der Waals surface area contributed by atoms with Crippen LogP contribution >= 0.6 is 0 Å². The van der Waals surface area contributed by atoms with Crippen LogP contribution in [0.2, 0.25) is 0 Å². The van der Waals surface area contributed by atoms with Crippen molar-refractivity contribution >= 4 is 27.6 Å². The average molecular weight is 291 g/mol. The van der Waals surface area contributed by atoms with E-state index in [0.29, 0.717) is 0 Å². The molecule has 3 nitrogen and oxygen atoms in total. The van der Waals surface area contributed by atoms with E-state index in [2.05, 4.69) is 49.9 Å². The number of fused-ring (bicyclic) bond motifs is 2. The SMILES string of the molecule is Cc1cc2nc3c(C)ccc(C)c3cc2c(N2CCCC2)n1. The van der Waals surface area contributed by atoms with Gasteiger partial charge in [-0.1, -0.05) is 12.1 Å². The van der Waals surface area contributed by atoms with Gasteiger partial charge in [0.1, 0.15) is 5.82 Å². The number of aromatic nitrogens is 2. The Morgan fingerprint density at radius 1 is 0.864 bits per heavy atom. The lowest BCUT2D eigenvalue weighted by molar-refractivity contribution is 0.938. The van der Waals surface area contributed by atoms with E-state index >= 15 is 0 Å². The molecular weight excluding hydrogens is 270 g/mol. The molecule has 1 saturated heterocycles. The van der Waals surface area contributed by atoms with Gasteiger partial charge in [-0.15, -0.1) is 0 Å². The standard InChI is InChI=1S/C19H21N3/c1-12-6-7-13(2)18-15(12)11-16-17(21-18)10-14(3)20-19(16)22-8-4-5-9-22/h6-7,10-11H,4-5,8-9H2,1-3H3. The molecule has 112 valence electrons. The van der Waals surface area contributed by atoms with E-state index in [0.717, 1.165) is 35.6 Å². The van der Waals surface area contributed by atoms with Crippen LogP contribution < -0.4 is 4.90 Å². The van der Waals surface area contributed by atoms with Gasteiger partial charge in [0.25, 0.3) is 0 Å². The van der Waals surface area contributed by atoms with E-state index < -0.39 is 0 Å². The first-order chi connectivity index (χ1) is 10.6. The van der Waals surface area contributed by atoms with Gasteiger partial charge in [0.2, 0.25) is 0 Å². The van der Waals surface area contributed by atoms with Crippen molar-refractivity contribution in [1.82, 2.24) is 9.97 Å². The molecule has 22 heavy (non-hydrogen) atoms. The second-order valence-corrected chi connectivity index (χ2v) is 6.43. The Morgan fingerprint density at radius 2 is 1.59 bits per heavy atom. The van der Waals surface area contributed by atoms with E-state index in [-0.39, 0.29) is 0 Å². The molecule has 3 heteroatoms. The summed E-state index contributed by atoms with van der Waals surface area (Å²) in [4.78, 5) is 12.2. The number of hydrogen-bond donors (Lipinski definition) is 0. The third kappa shape index (κ3) is 2.04. The van der Waals surface area contributed by atoms with Crippen molar-refractivity contribution < 1.29 is 0 Å². The molecule has 3 heterocycles. The third-order valence-corrected chi connectivity index (χ3v) is 4.71. The average Bonchev–Trinajstić information content (AvgIpc) is 3.03. The van der Waals surface area contributed by atoms with Crippen LogP contribution in [0.4, 0.5) is 5.82 Å². The lowest BCUT2D eigenvalue weighted by Crippen LogP contribution is -2.19. The summed E-state index contributed by atoms with van der Waals surface area (Å²) in [6.07, 6.45) is 2.52. The van der Waals surface area contributed by atoms with Crippen molar-refractivity contribution in [3.05, 3.63) is 41.1 Å². The Balaban J connectivity index is 2.08. The number of aryl methyl sites for hydroxylation is 3. The van der Waals surface area contributed by atoms with Crippen molar-refractivity contribution in [1.29, 1.82) is 0 Å². The number of benzene rings is 1. The number of pyridine rings is 2. The number of nitrogens with zero attached hydrogens (tertiary/aromatic N) is 3. The molecule has 0 aliphatic carbocycles. The van der Waals surface area contributed by atoms with Gasteiger partial charge in [-0.25, -0.2) is 9.97 Å². The minimum atomic E-state index is 1.05. The van der Waals surface area contributed by atoms with E-state index in [9.17, 15) is 0 Å². The van der Waals surface area contributed by atoms with Crippen LogP contribution in [0.1, 0.15) is 29.7 Å². The summed E-state index contributed by atoms with van der Waals surface area (Å²) in [5.41, 5.74) is 5.75. The van der Waals surface area contributed by atoms with E-state index in [4.69, 9.17) is 9.97 Å². The van der Waals surface area contributed by atoms with Crippen LogP contribution in [0.5, 0.6) is 0 Å². The van der Waals surface area contributed by atoms with E-state index in [1.165, 1.54) is 34.7 Å². The smallest absolute Gasteiger partial charge is 0.138 e. The monoisotopic (exact) mass is 291 g/mol. The predicted molar refractivity (Wildman–Crippen MR) is 92.7 cm³/mol.